The summed E-state index contributed by atoms with van der Waals surface area (Å²) in [6, 6.07) is 7.22. The molecule has 2 rings (SSSR count). The fourth-order valence-electron chi connectivity index (χ4n) is 2.89. The van der Waals surface area contributed by atoms with E-state index in [1.807, 2.05) is 32.9 Å². The summed E-state index contributed by atoms with van der Waals surface area (Å²) in [5.41, 5.74) is 25.0. The maximum absolute atomic E-state index is 13.0. The summed E-state index contributed by atoms with van der Waals surface area (Å²) in [7, 11) is 0. The van der Waals surface area contributed by atoms with Gasteiger partial charge in [0.2, 0.25) is 0 Å². The van der Waals surface area contributed by atoms with Gasteiger partial charge in [-0.2, -0.15) is 0 Å². The van der Waals surface area contributed by atoms with Gasteiger partial charge >= 0.3 is 6.09 Å². The third-order valence-corrected chi connectivity index (χ3v) is 4.61. The van der Waals surface area contributed by atoms with Crippen LogP contribution in [-0.2, 0) is 4.74 Å². The van der Waals surface area contributed by atoms with Crippen LogP contribution in [0.2, 0.25) is 0 Å². The highest BCUT2D eigenvalue weighted by atomic mass is 16.6. The lowest BCUT2D eigenvalue weighted by Crippen LogP contribution is -2.34. The van der Waals surface area contributed by atoms with Gasteiger partial charge < -0.3 is 27.7 Å². The van der Waals surface area contributed by atoms with Crippen LogP contribution < -0.4 is 27.8 Å². The minimum Gasteiger partial charge on any atom is -0.443 e. The Hall–Kier alpha value is -2.59. The molecule has 0 aliphatic rings. The number of aromatic nitrogens is 2. The van der Waals surface area contributed by atoms with Crippen molar-refractivity contribution in [3.05, 3.63) is 48.0 Å². The first-order chi connectivity index (χ1) is 14.2. The van der Waals surface area contributed by atoms with Crippen molar-refractivity contribution in [1.29, 1.82) is 0 Å². The quantitative estimate of drug-likeness (QED) is 0.505. The molecule has 164 valence electrons. The zero-order chi connectivity index (χ0) is 22.3. The molecule has 9 heteroatoms. The minimum atomic E-state index is -0.662. The van der Waals surface area contributed by atoms with E-state index in [-0.39, 0.29) is 11.8 Å². The molecule has 2 aromatic heterocycles. The Bertz CT molecular complexity index is 740. The molecule has 0 aliphatic heterocycles. The van der Waals surface area contributed by atoms with Crippen LogP contribution in [-0.4, -0.2) is 47.8 Å². The largest absolute Gasteiger partial charge is 0.443 e. The molecular formula is C21H33N7O2. The summed E-state index contributed by atoms with van der Waals surface area (Å²) >= 11 is 0. The normalized spacial score (nSPS) is 11.8. The van der Waals surface area contributed by atoms with Crippen molar-refractivity contribution in [2.75, 3.05) is 31.1 Å². The molecule has 0 aromatic carbocycles. The summed E-state index contributed by atoms with van der Waals surface area (Å²) in [5, 5.41) is 0. The Morgan fingerprint density at radius 3 is 1.53 bits per heavy atom. The molecule has 0 saturated heterocycles. The zero-order valence-corrected chi connectivity index (χ0v) is 17.9. The molecule has 1 amide bonds. The Kier molecular flexibility index (Phi) is 8.24. The molecule has 0 bridgehead atoms. The number of amides is 1. The average molecular weight is 416 g/mol. The molecule has 9 nitrogen and oxygen atoms in total. The van der Waals surface area contributed by atoms with E-state index in [1.54, 1.807) is 24.5 Å². The Morgan fingerprint density at radius 1 is 0.867 bits per heavy atom. The second kappa shape index (κ2) is 10.4. The van der Waals surface area contributed by atoms with Crippen molar-refractivity contribution in [2.45, 2.75) is 38.2 Å². The second-order valence-electron chi connectivity index (χ2n) is 8.03. The van der Waals surface area contributed by atoms with Crippen molar-refractivity contribution < 1.29 is 9.53 Å². The topological polar surface area (TPSA) is 159 Å². The fourth-order valence-corrected chi connectivity index (χ4v) is 2.89. The van der Waals surface area contributed by atoms with E-state index >= 15 is 0 Å². The zero-order valence-electron chi connectivity index (χ0n) is 17.9. The number of hydrogen-bond donors (Lipinski definition) is 4. The number of hydrogen-bond acceptors (Lipinski definition) is 8. The number of carbonyl (C=O) groups is 1. The average Bonchev–Trinajstić information content (AvgIpc) is 2.71. The summed E-state index contributed by atoms with van der Waals surface area (Å²) in [5.74, 6) is -0.0844. The Morgan fingerprint density at radius 2 is 1.27 bits per heavy atom. The summed E-state index contributed by atoms with van der Waals surface area (Å²) in [6.45, 7) is 7.02. The van der Waals surface area contributed by atoms with Gasteiger partial charge in [-0.3, -0.25) is 9.97 Å². The van der Waals surface area contributed by atoms with E-state index in [1.165, 1.54) is 4.90 Å². The van der Waals surface area contributed by atoms with E-state index in [9.17, 15) is 4.79 Å². The van der Waals surface area contributed by atoms with E-state index in [2.05, 4.69) is 9.97 Å². The van der Waals surface area contributed by atoms with E-state index in [4.69, 9.17) is 27.7 Å². The van der Waals surface area contributed by atoms with Crippen molar-refractivity contribution in [2.24, 2.45) is 22.9 Å². The number of rotatable bonds is 8. The maximum Gasteiger partial charge on any atom is 0.419 e. The van der Waals surface area contributed by atoms with Crippen LogP contribution in [0.1, 0.15) is 44.0 Å². The number of nitrogens with zero attached hydrogens (tertiary/aromatic N) is 3. The summed E-state index contributed by atoms with van der Waals surface area (Å²) in [6.07, 6.45) is 2.68. The number of carbonyl (C=O) groups excluding carboxylic acids is 1. The number of pyridine rings is 2. The van der Waals surface area contributed by atoms with Gasteiger partial charge in [0.1, 0.15) is 5.60 Å². The van der Waals surface area contributed by atoms with Crippen LogP contribution in [0.3, 0.4) is 0 Å². The van der Waals surface area contributed by atoms with Gasteiger partial charge in [-0.1, -0.05) is 0 Å². The maximum atomic E-state index is 13.0. The van der Waals surface area contributed by atoms with E-state index in [0.717, 1.165) is 11.4 Å². The fraction of sp³-hybridized carbons (Fsp3) is 0.476. The van der Waals surface area contributed by atoms with Crippen molar-refractivity contribution >= 4 is 17.5 Å². The van der Waals surface area contributed by atoms with E-state index in [0.29, 0.717) is 37.6 Å². The van der Waals surface area contributed by atoms with Crippen molar-refractivity contribution in [3.8, 4) is 0 Å². The molecule has 30 heavy (non-hydrogen) atoms. The highest BCUT2D eigenvalue weighted by Gasteiger charge is 2.26. The van der Waals surface area contributed by atoms with Gasteiger partial charge in [0.05, 0.1) is 23.8 Å². The predicted molar refractivity (Wildman–Crippen MR) is 119 cm³/mol. The molecule has 0 atom stereocenters. The first-order valence-electron chi connectivity index (χ1n) is 9.99. The number of nitrogens with two attached hydrogens (primary N) is 4. The number of ether oxygens (including phenoxy) is 1. The highest BCUT2D eigenvalue weighted by molar-refractivity contribution is 5.95. The summed E-state index contributed by atoms with van der Waals surface area (Å²) < 4.78 is 5.60. The van der Waals surface area contributed by atoms with Gasteiger partial charge in [0.15, 0.2) is 0 Å². The lowest BCUT2D eigenvalue weighted by molar-refractivity contribution is 0.0599. The van der Waals surface area contributed by atoms with Crippen LogP contribution in [0.5, 0.6) is 0 Å². The van der Waals surface area contributed by atoms with Gasteiger partial charge in [-0.25, -0.2) is 9.69 Å². The standard InChI is InChI=1S/C21H33N7O2/c1-21(2,3)30-20(29)28(16-4-6-18(26-12-16)14(8-22)9-23)17-5-7-19(27-13-17)15(10-24)11-25/h4-7,12-15H,8-11,22-25H2,1-3H3. The van der Waals surface area contributed by atoms with Gasteiger partial charge in [-0.15, -0.1) is 0 Å². The SMILES string of the molecule is CC(C)(C)OC(=O)N(c1ccc(C(CN)CN)nc1)c1ccc(C(CN)CN)nc1. The van der Waals surface area contributed by atoms with Gasteiger partial charge in [0, 0.05) is 49.4 Å². The van der Waals surface area contributed by atoms with Crippen molar-refractivity contribution in [3.63, 3.8) is 0 Å². The first kappa shape index (κ1) is 23.7. The molecule has 2 aromatic rings. The summed E-state index contributed by atoms with van der Waals surface area (Å²) in [4.78, 5) is 23.3. The Balaban J connectivity index is 2.41. The van der Waals surface area contributed by atoms with Crippen LogP contribution in [0.4, 0.5) is 16.2 Å². The second-order valence-corrected chi connectivity index (χ2v) is 8.03. The third-order valence-electron chi connectivity index (χ3n) is 4.61. The molecule has 0 spiro atoms. The lowest BCUT2D eigenvalue weighted by atomic mass is 10.0. The van der Waals surface area contributed by atoms with Crippen molar-refractivity contribution in [1.82, 2.24) is 9.97 Å². The molecular weight excluding hydrogens is 382 g/mol. The van der Waals surface area contributed by atoms with Crippen LogP contribution >= 0.6 is 0 Å². The molecule has 2 heterocycles. The highest BCUT2D eigenvalue weighted by Crippen LogP contribution is 2.28. The van der Waals surface area contributed by atoms with Gasteiger partial charge in [-0.05, 0) is 45.0 Å². The molecule has 0 saturated carbocycles. The monoisotopic (exact) mass is 415 g/mol. The van der Waals surface area contributed by atoms with E-state index < -0.39 is 11.7 Å². The Labute approximate surface area is 177 Å². The molecule has 8 N–H and O–H groups in total. The van der Waals surface area contributed by atoms with Crippen LogP contribution in [0, 0.1) is 0 Å². The van der Waals surface area contributed by atoms with Crippen LogP contribution in [0.25, 0.3) is 0 Å². The van der Waals surface area contributed by atoms with Gasteiger partial charge in [0.25, 0.3) is 0 Å². The lowest BCUT2D eigenvalue weighted by Gasteiger charge is -2.27. The van der Waals surface area contributed by atoms with Crippen LogP contribution in [0.15, 0.2) is 36.7 Å². The predicted octanol–water partition coefficient (Wildman–Crippen LogP) is 1.55. The third kappa shape index (κ3) is 5.96. The number of anilines is 2. The first-order valence-corrected chi connectivity index (χ1v) is 9.99. The molecule has 0 fully saturated rings. The molecule has 0 unspecified atom stereocenters. The smallest absolute Gasteiger partial charge is 0.419 e. The molecule has 0 radical (unpaired) electrons. The molecule has 0 aliphatic carbocycles. The minimum absolute atomic E-state index is 0.0422.